The van der Waals surface area contributed by atoms with Crippen molar-refractivity contribution in [3.05, 3.63) is 17.5 Å². The van der Waals surface area contributed by atoms with Gasteiger partial charge in [-0.05, 0) is 32.9 Å². The molecule has 0 aliphatic carbocycles. The highest BCUT2D eigenvalue weighted by molar-refractivity contribution is 7.91. The number of aryl methyl sites for hydroxylation is 2. The zero-order valence-corrected chi connectivity index (χ0v) is 11.4. The van der Waals surface area contributed by atoms with Crippen LogP contribution in [0.2, 0.25) is 0 Å². The maximum Gasteiger partial charge on any atom is 0.247 e. The number of hydrogen-bond acceptors (Lipinski definition) is 5. The average Bonchev–Trinajstić information content (AvgIpc) is 2.69. The number of nitrogens with one attached hydrogen (secondary N) is 1. The summed E-state index contributed by atoms with van der Waals surface area (Å²) in [5.41, 5.74) is 1.38. The number of rotatable bonds is 2. The van der Waals surface area contributed by atoms with Gasteiger partial charge in [0.05, 0.1) is 5.25 Å². The van der Waals surface area contributed by atoms with Gasteiger partial charge in [0, 0.05) is 17.9 Å². The lowest BCUT2D eigenvalue weighted by Gasteiger charge is -2.09. The molecule has 5 nitrogen and oxygen atoms in total. The van der Waals surface area contributed by atoms with Crippen LogP contribution in [0.1, 0.15) is 17.8 Å². The van der Waals surface area contributed by atoms with E-state index in [0.29, 0.717) is 24.4 Å². The third-order valence-electron chi connectivity index (χ3n) is 2.67. The molecule has 1 fully saturated rings. The lowest BCUT2D eigenvalue weighted by Crippen LogP contribution is -2.26. The Morgan fingerprint density at radius 1 is 1.29 bits per heavy atom. The zero-order valence-electron chi connectivity index (χ0n) is 9.80. The van der Waals surface area contributed by atoms with E-state index in [2.05, 4.69) is 15.3 Å². The first-order valence-corrected chi connectivity index (χ1v) is 6.81. The maximum atomic E-state index is 12.2. The zero-order chi connectivity index (χ0) is 11.8. The highest BCUT2D eigenvalue weighted by Gasteiger charge is 2.32. The molecule has 1 aliphatic heterocycles. The fourth-order valence-electron chi connectivity index (χ4n) is 1.86. The molecule has 1 aromatic heterocycles. The Bertz CT molecular complexity index is 478. The molecule has 0 bridgehead atoms. The van der Waals surface area contributed by atoms with Crippen LogP contribution < -0.4 is 5.32 Å². The molecular formula is C10H16ClN3O2S. The van der Waals surface area contributed by atoms with Gasteiger partial charge in [-0.2, -0.15) is 0 Å². The van der Waals surface area contributed by atoms with Crippen LogP contribution in [0.4, 0.5) is 0 Å². The van der Waals surface area contributed by atoms with E-state index in [1.807, 2.05) is 0 Å². The topological polar surface area (TPSA) is 72.0 Å². The summed E-state index contributed by atoms with van der Waals surface area (Å²) in [7, 11) is -3.37. The third-order valence-corrected chi connectivity index (χ3v) is 4.64. The van der Waals surface area contributed by atoms with Gasteiger partial charge in [0.25, 0.3) is 0 Å². The molecule has 2 heterocycles. The lowest BCUT2D eigenvalue weighted by molar-refractivity contribution is 0.572. The Hall–Kier alpha value is -0.720. The van der Waals surface area contributed by atoms with Gasteiger partial charge < -0.3 is 5.32 Å². The lowest BCUT2D eigenvalue weighted by atomic mass is 10.4. The van der Waals surface area contributed by atoms with E-state index in [1.54, 1.807) is 19.9 Å². The largest absolute Gasteiger partial charge is 0.315 e. The van der Waals surface area contributed by atoms with Crippen LogP contribution in [0, 0.1) is 13.8 Å². The fourth-order valence-corrected chi connectivity index (χ4v) is 3.47. The molecule has 7 heteroatoms. The molecule has 0 aromatic carbocycles. The van der Waals surface area contributed by atoms with Crippen molar-refractivity contribution in [3.63, 3.8) is 0 Å². The molecule has 1 N–H and O–H groups in total. The van der Waals surface area contributed by atoms with Gasteiger partial charge in [-0.1, -0.05) is 0 Å². The van der Waals surface area contributed by atoms with Gasteiger partial charge in [-0.3, -0.25) is 0 Å². The Morgan fingerprint density at radius 2 is 1.88 bits per heavy atom. The average molecular weight is 278 g/mol. The van der Waals surface area contributed by atoms with Crippen LogP contribution >= 0.6 is 12.4 Å². The van der Waals surface area contributed by atoms with Crippen LogP contribution in [-0.4, -0.2) is 36.7 Å². The summed E-state index contributed by atoms with van der Waals surface area (Å²) in [5, 5.41) is 2.63. The molecule has 1 saturated heterocycles. The van der Waals surface area contributed by atoms with Crippen molar-refractivity contribution in [2.24, 2.45) is 0 Å². The first-order chi connectivity index (χ1) is 7.50. The van der Waals surface area contributed by atoms with Gasteiger partial charge >= 0.3 is 0 Å². The highest BCUT2D eigenvalue weighted by Crippen LogP contribution is 2.17. The van der Waals surface area contributed by atoms with E-state index in [1.165, 1.54) is 0 Å². The fraction of sp³-hybridized carbons (Fsp3) is 0.600. The minimum absolute atomic E-state index is 0. The predicted molar refractivity (Wildman–Crippen MR) is 67.2 cm³/mol. The molecule has 17 heavy (non-hydrogen) atoms. The van der Waals surface area contributed by atoms with E-state index < -0.39 is 9.84 Å². The maximum absolute atomic E-state index is 12.2. The van der Waals surface area contributed by atoms with E-state index in [4.69, 9.17) is 0 Å². The second-order valence-electron chi connectivity index (χ2n) is 4.09. The van der Waals surface area contributed by atoms with Crippen LogP contribution in [0.3, 0.4) is 0 Å². The Labute approximate surface area is 107 Å². The van der Waals surface area contributed by atoms with E-state index in [-0.39, 0.29) is 22.8 Å². The molecule has 0 amide bonds. The van der Waals surface area contributed by atoms with Crippen LogP contribution in [0.5, 0.6) is 0 Å². The second kappa shape index (κ2) is 5.29. The molecule has 2 rings (SSSR count). The number of sulfone groups is 1. The summed E-state index contributed by atoms with van der Waals surface area (Å²) in [6.45, 7) is 4.80. The van der Waals surface area contributed by atoms with Crippen molar-refractivity contribution in [3.8, 4) is 0 Å². The summed E-state index contributed by atoms with van der Waals surface area (Å²) in [4.78, 5) is 8.05. The van der Waals surface area contributed by atoms with E-state index in [0.717, 1.165) is 6.54 Å². The van der Waals surface area contributed by atoms with Crippen molar-refractivity contribution in [1.29, 1.82) is 0 Å². The van der Waals surface area contributed by atoms with Gasteiger partial charge in [0.1, 0.15) is 0 Å². The highest BCUT2D eigenvalue weighted by atomic mass is 35.5. The van der Waals surface area contributed by atoms with Crippen molar-refractivity contribution >= 4 is 22.2 Å². The Balaban J connectivity index is 0.00000144. The van der Waals surface area contributed by atoms with Gasteiger partial charge in [0.15, 0.2) is 0 Å². The summed E-state index contributed by atoms with van der Waals surface area (Å²) in [6.07, 6.45) is 0.638. The SMILES string of the molecule is Cc1cc(C)nc(S(=O)(=O)[C@H]2CCNC2)n1.Cl. The third kappa shape index (κ3) is 2.94. The quantitative estimate of drug-likeness (QED) is 0.804. The normalized spacial score (nSPS) is 20.0. The molecule has 96 valence electrons. The monoisotopic (exact) mass is 277 g/mol. The first-order valence-electron chi connectivity index (χ1n) is 5.27. The van der Waals surface area contributed by atoms with Gasteiger partial charge in [-0.15, -0.1) is 12.4 Å². The summed E-state index contributed by atoms with van der Waals surface area (Å²) in [5.74, 6) is 0. The van der Waals surface area contributed by atoms with E-state index in [9.17, 15) is 8.42 Å². The van der Waals surface area contributed by atoms with E-state index >= 15 is 0 Å². The Morgan fingerprint density at radius 3 is 2.35 bits per heavy atom. The van der Waals surface area contributed by atoms with Gasteiger partial charge in [0.2, 0.25) is 15.0 Å². The summed E-state index contributed by atoms with van der Waals surface area (Å²) < 4.78 is 24.3. The molecule has 1 aliphatic rings. The van der Waals surface area contributed by atoms with Crippen molar-refractivity contribution in [1.82, 2.24) is 15.3 Å². The molecule has 0 unspecified atom stereocenters. The minimum atomic E-state index is -3.37. The summed E-state index contributed by atoms with van der Waals surface area (Å²) >= 11 is 0. The molecule has 1 aromatic rings. The minimum Gasteiger partial charge on any atom is -0.315 e. The molecule has 0 spiro atoms. The van der Waals surface area contributed by atoms with Crippen LogP contribution in [0.15, 0.2) is 11.2 Å². The molecule has 0 saturated carbocycles. The first kappa shape index (κ1) is 14.3. The number of aromatic nitrogens is 2. The summed E-state index contributed by atoms with van der Waals surface area (Å²) in [6, 6.07) is 1.77. The van der Waals surface area contributed by atoms with Gasteiger partial charge in [-0.25, -0.2) is 18.4 Å². The second-order valence-corrected chi connectivity index (χ2v) is 6.21. The smallest absolute Gasteiger partial charge is 0.247 e. The standard InChI is InChI=1S/C10H15N3O2S.ClH/c1-7-5-8(2)13-10(12-7)16(14,15)9-3-4-11-6-9;/h5,9,11H,3-4,6H2,1-2H3;1H/t9-;/m0./s1. The number of halogens is 1. The number of hydrogen-bond donors (Lipinski definition) is 1. The molecule has 0 radical (unpaired) electrons. The molecule has 1 atom stereocenters. The predicted octanol–water partition coefficient (Wildman–Crippen LogP) is 0.651. The van der Waals surface area contributed by atoms with Crippen molar-refractivity contribution < 1.29 is 8.42 Å². The van der Waals surface area contributed by atoms with Crippen LogP contribution in [0.25, 0.3) is 0 Å². The van der Waals surface area contributed by atoms with Crippen molar-refractivity contribution in [2.75, 3.05) is 13.1 Å². The van der Waals surface area contributed by atoms with Crippen LogP contribution in [-0.2, 0) is 9.84 Å². The molecular weight excluding hydrogens is 262 g/mol. The number of nitrogens with zero attached hydrogens (tertiary/aromatic N) is 2. The Kier molecular flexibility index (Phi) is 4.46. The van der Waals surface area contributed by atoms with Crippen molar-refractivity contribution in [2.45, 2.75) is 30.7 Å².